The Hall–Kier alpha value is -2.83. The minimum Gasteiger partial charge on any atom is -0.496 e. The zero-order valence-corrected chi connectivity index (χ0v) is 14.9. The Bertz CT molecular complexity index is 1000. The number of fused-ring (bicyclic) bond motifs is 2. The van der Waals surface area contributed by atoms with Crippen LogP contribution in [0.4, 0.5) is 0 Å². The molecule has 134 valence electrons. The quantitative estimate of drug-likeness (QED) is 0.787. The molecular weight excluding hydrogens is 330 g/mol. The molecule has 1 aliphatic heterocycles. The molecule has 3 heterocycles. The van der Waals surface area contributed by atoms with Crippen molar-refractivity contribution < 1.29 is 9.53 Å². The van der Waals surface area contributed by atoms with E-state index in [1.165, 1.54) is 12.8 Å². The molecule has 3 aromatic rings. The SMILES string of the molecule is COc1cccc2[nH]c(C(=O)N3CCn4nc(C5CC5)nc4[C@H]3C)cc12. The Morgan fingerprint density at radius 1 is 1.31 bits per heavy atom. The van der Waals surface area contributed by atoms with Crippen LogP contribution < -0.4 is 4.74 Å². The van der Waals surface area contributed by atoms with Crippen LogP contribution in [0.3, 0.4) is 0 Å². The average Bonchev–Trinajstić information content (AvgIpc) is 3.25. The number of carbonyl (C=O) groups excluding carboxylic acids is 1. The van der Waals surface area contributed by atoms with Gasteiger partial charge in [0.25, 0.3) is 5.91 Å². The molecule has 0 spiro atoms. The highest BCUT2D eigenvalue weighted by Gasteiger charge is 2.35. The number of H-pyrrole nitrogens is 1. The molecule has 1 saturated carbocycles. The van der Waals surface area contributed by atoms with E-state index in [4.69, 9.17) is 9.72 Å². The van der Waals surface area contributed by atoms with E-state index >= 15 is 0 Å². The summed E-state index contributed by atoms with van der Waals surface area (Å²) >= 11 is 0. The molecule has 1 aromatic carbocycles. The van der Waals surface area contributed by atoms with Crippen molar-refractivity contribution in [1.29, 1.82) is 0 Å². The van der Waals surface area contributed by atoms with Crippen molar-refractivity contribution in [3.63, 3.8) is 0 Å². The van der Waals surface area contributed by atoms with E-state index in [9.17, 15) is 4.79 Å². The van der Waals surface area contributed by atoms with Crippen molar-refractivity contribution in [2.24, 2.45) is 0 Å². The van der Waals surface area contributed by atoms with Crippen LogP contribution in [0, 0.1) is 0 Å². The molecule has 0 radical (unpaired) electrons. The summed E-state index contributed by atoms with van der Waals surface area (Å²) in [5.41, 5.74) is 1.48. The van der Waals surface area contributed by atoms with Crippen LogP contribution in [0.5, 0.6) is 5.75 Å². The van der Waals surface area contributed by atoms with Crippen molar-refractivity contribution in [2.45, 2.75) is 38.3 Å². The summed E-state index contributed by atoms with van der Waals surface area (Å²) in [6.07, 6.45) is 2.36. The van der Waals surface area contributed by atoms with Crippen LogP contribution in [0.25, 0.3) is 10.9 Å². The number of nitrogens with one attached hydrogen (secondary N) is 1. The summed E-state index contributed by atoms with van der Waals surface area (Å²) in [6, 6.07) is 7.54. The second kappa shape index (κ2) is 5.59. The van der Waals surface area contributed by atoms with Gasteiger partial charge < -0.3 is 14.6 Å². The molecule has 2 aliphatic rings. The number of rotatable bonds is 3. The predicted octanol–water partition coefficient (Wildman–Crippen LogP) is 2.86. The number of hydrogen-bond acceptors (Lipinski definition) is 4. The van der Waals surface area contributed by atoms with Gasteiger partial charge in [0, 0.05) is 23.4 Å². The van der Waals surface area contributed by atoms with E-state index in [1.807, 2.05) is 40.8 Å². The zero-order valence-electron chi connectivity index (χ0n) is 14.9. The monoisotopic (exact) mass is 351 g/mol. The minimum atomic E-state index is -0.0930. The Morgan fingerprint density at radius 2 is 2.15 bits per heavy atom. The van der Waals surface area contributed by atoms with Gasteiger partial charge in [-0.2, -0.15) is 5.10 Å². The molecule has 26 heavy (non-hydrogen) atoms. The Balaban J connectivity index is 1.46. The van der Waals surface area contributed by atoms with Gasteiger partial charge in [0.15, 0.2) is 5.82 Å². The van der Waals surface area contributed by atoms with Gasteiger partial charge in [-0.1, -0.05) is 6.07 Å². The van der Waals surface area contributed by atoms with Gasteiger partial charge in [0.05, 0.1) is 19.7 Å². The van der Waals surface area contributed by atoms with Crippen LogP contribution >= 0.6 is 0 Å². The number of aromatic amines is 1. The second-order valence-corrected chi connectivity index (χ2v) is 7.10. The van der Waals surface area contributed by atoms with Crippen LogP contribution in [0.2, 0.25) is 0 Å². The standard InChI is InChI=1S/C19H21N5O2/c1-11-18-21-17(12-6-7-12)22-24(18)9-8-23(11)19(25)15-10-13-14(20-15)4-3-5-16(13)26-2/h3-5,10-12,20H,6-9H2,1-2H3/t11-/m1/s1. The first kappa shape index (κ1) is 15.4. The predicted molar refractivity (Wildman–Crippen MR) is 96.3 cm³/mol. The van der Waals surface area contributed by atoms with Crippen molar-refractivity contribution in [2.75, 3.05) is 13.7 Å². The van der Waals surface area contributed by atoms with E-state index in [1.54, 1.807) is 7.11 Å². The fraction of sp³-hybridized carbons (Fsp3) is 0.421. The molecule has 0 unspecified atom stereocenters. The highest BCUT2D eigenvalue weighted by atomic mass is 16.5. The summed E-state index contributed by atoms with van der Waals surface area (Å²) in [7, 11) is 1.64. The van der Waals surface area contributed by atoms with Crippen LogP contribution in [0.15, 0.2) is 24.3 Å². The topological polar surface area (TPSA) is 76.0 Å². The van der Waals surface area contributed by atoms with Gasteiger partial charge in [0.1, 0.15) is 17.3 Å². The van der Waals surface area contributed by atoms with Gasteiger partial charge in [0.2, 0.25) is 0 Å². The molecule has 1 fully saturated rings. The highest BCUT2D eigenvalue weighted by Crippen LogP contribution is 2.39. The largest absolute Gasteiger partial charge is 0.496 e. The molecule has 1 N–H and O–H groups in total. The first-order chi connectivity index (χ1) is 12.7. The lowest BCUT2D eigenvalue weighted by Gasteiger charge is -2.32. The van der Waals surface area contributed by atoms with E-state index < -0.39 is 0 Å². The fourth-order valence-electron chi connectivity index (χ4n) is 3.75. The molecule has 2 aromatic heterocycles. The smallest absolute Gasteiger partial charge is 0.270 e. The lowest BCUT2D eigenvalue weighted by atomic mass is 10.2. The van der Waals surface area contributed by atoms with Crippen molar-refractivity contribution in [3.05, 3.63) is 41.6 Å². The first-order valence-corrected chi connectivity index (χ1v) is 9.07. The summed E-state index contributed by atoms with van der Waals surface area (Å²) in [4.78, 5) is 23.0. The highest BCUT2D eigenvalue weighted by molar-refractivity contribution is 5.99. The van der Waals surface area contributed by atoms with Gasteiger partial charge in [-0.05, 0) is 38.0 Å². The lowest BCUT2D eigenvalue weighted by molar-refractivity contribution is 0.0625. The maximum Gasteiger partial charge on any atom is 0.270 e. The van der Waals surface area contributed by atoms with Crippen LogP contribution in [-0.2, 0) is 6.54 Å². The van der Waals surface area contributed by atoms with Crippen molar-refractivity contribution >= 4 is 16.8 Å². The lowest BCUT2D eigenvalue weighted by Crippen LogP contribution is -2.41. The van der Waals surface area contributed by atoms with E-state index in [2.05, 4.69) is 10.1 Å². The van der Waals surface area contributed by atoms with E-state index in [0.29, 0.717) is 24.7 Å². The molecule has 0 bridgehead atoms. The summed E-state index contributed by atoms with van der Waals surface area (Å²) in [6.45, 7) is 3.35. The summed E-state index contributed by atoms with van der Waals surface area (Å²) in [5.74, 6) is 3.10. The van der Waals surface area contributed by atoms with Gasteiger partial charge >= 0.3 is 0 Å². The number of amides is 1. The molecule has 5 rings (SSSR count). The van der Waals surface area contributed by atoms with Gasteiger partial charge in [-0.3, -0.25) is 4.79 Å². The molecule has 7 heteroatoms. The first-order valence-electron chi connectivity index (χ1n) is 9.07. The molecule has 1 amide bonds. The normalized spacial score (nSPS) is 19.6. The number of carbonyl (C=O) groups is 1. The van der Waals surface area contributed by atoms with Gasteiger partial charge in [-0.25, -0.2) is 9.67 Å². The molecule has 1 aliphatic carbocycles. The maximum absolute atomic E-state index is 13.1. The molecule has 7 nitrogen and oxygen atoms in total. The minimum absolute atomic E-state index is 0.0158. The third-order valence-electron chi connectivity index (χ3n) is 5.39. The third kappa shape index (κ3) is 2.30. The Morgan fingerprint density at radius 3 is 2.92 bits per heavy atom. The van der Waals surface area contributed by atoms with Crippen molar-refractivity contribution in [1.82, 2.24) is 24.6 Å². The van der Waals surface area contributed by atoms with E-state index in [-0.39, 0.29) is 11.9 Å². The number of methoxy groups -OCH3 is 1. The summed E-state index contributed by atoms with van der Waals surface area (Å²) in [5, 5.41) is 5.55. The Labute approximate surface area is 151 Å². The third-order valence-corrected chi connectivity index (χ3v) is 5.39. The molecular formula is C19H21N5O2. The number of nitrogens with zero attached hydrogens (tertiary/aromatic N) is 4. The van der Waals surface area contributed by atoms with Crippen molar-refractivity contribution in [3.8, 4) is 5.75 Å². The Kier molecular flexibility index (Phi) is 3.32. The maximum atomic E-state index is 13.1. The van der Waals surface area contributed by atoms with Crippen LogP contribution in [-0.4, -0.2) is 44.2 Å². The molecule has 1 atom stereocenters. The molecule has 0 saturated heterocycles. The van der Waals surface area contributed by atoms with E-state index in [0.717, 1.165) is 28.3 Å². The van der Waals surface area contributed by atoms with Gasteiger partial charge in [-0.15, -0.1) is 0 Å². The number of ether oxygens (including phenoxy) is 1. The van der Waals surface area contributed by atoms with Crippen LogP contribution in [0.1, 0.15) is 53.9 Å². The summed E-state index contributed by atoms with van der Waals surface area (Å²) < 4.78 is 7.37. The number of benzene rings is 1. The second-order valence-electron chi connectivity index (χ2n) is 7.10. The zero-order chi connectivity index (χ0) is 17.8. The number of aromatic nitrogens is 4. The fourth-order valence-corrected chi connectivity index (χ4v) is 3.75. The number of hydrogen-bond donors (Lipinski definition) is 1. The average molecular weight is 351 g/mol.